The molecule has 6 aromatic carbocycles. The first-order valence-electron chi connectivity index (χ1n) is 26.7. The van der Waals surface area contributed by atoms with Crippen molar-refractivity contribution in [2.75, 3.05) is 10.6 Å². The van der Waals surface area contributed by atoms with Crippen molar-refractivity contribution < 1.29 is 29.3 Å². The summed E-state index contributed by atoms with van der Waals surface area (Å²) in [5.41, 5.74) is 4.43. The number of carbonyl (C=O) groups excluding carboxylic acids is 2. The molecule has 0 radical (unpaired) electrons. The monoisotopic (exact) mass is 964 g/mol. The van der Waals surface area contributed by atoms with E-state index in [2.05, 4.69) is 61.7 Å². The van der Waals surface area contributed by atoms with Gasteiger partial charge in [0.1, 0.15) is 17.6 Å². The zero-order chi connectivity index (χ0) is 50.1. The van der Waals surface area contributed by atoms with Crippen LogP contribution in [0.2, 0.25) is 0 Å². The first kappa shape index (κ1) is 49.9. The van der Waals surface area contributed by atoms with Gasteiger partial charge in [0, 0.05) is 17.8 Å². The molecule has 72 heavy (non-hydrogen) atoms. The fraction of sp³-hybridized carbons (Fsp3) is 0.381. The number of fused-ring (bicyclic) bond motifs is 2. The molecule has 0 unspecified atom stereocenters. The van der Waals surface area contributed by atoms with Gasteiger partial charge in [0.2, 0.25) is 11.6 Å². The Morgan fingerprint density at radius 1 is 0.542 bits per heavy atom. The Hall–Kier alpha value is -7.05. The van der Waals surface area contributed by atoms with Gasteiger partial charge in [-0.15, -0.1) is 0 Å². The number of carbonyl (C=O) groups is 2. The zero-order valence-corrected chi connectivity index (χ0v) is 42.2. The maximum absolute atomic E-state index is 15.3. The molecule has 0 amide bonds. The number of benzene rings is 6. The highest BCUT2D eigenvalue weighted by Crippen LogP contribution is 2.51. The van der Waals surface area contributed by atoms with E-state index in [1.807, 2.05) is 48.5 Å². The van der Waals surface area contributed by atoms with Crippen LogP contribution in [0.1, 0.15) is 189 Å². The summed E-state index contributed by atoms with van der Waals surface area (Å²) in [6.07, 6.45) is 20.2. The molecule has 3 aliphatic carbocycles. The second-order valence-corrected chi connectivity index (χ2v) is 20.5. The van der Waals surface area contributed by atoms with Crippen LogP contribution in [-0.2, 0) is 6.42 Å². The van der Waals surface area contributed by atoms with E-state index in [0.29, 0.717) is 40.3 Å². The highest BCUT2D eigenvalue weighted by atomic mass is 16.5. The van der Waals surface area contributed by atoms with Crippen LogP contribution in [0.3, 0.4) is 0 Å². The lowest BCUT2D eigenvalue weighted by molar-refractivity contribution is 0.0974. The Kier molecular flexibility index (Phi) is 15.9. The van der Waals surface area contributed by atoms with Crippen molar-refractivity contribution >= 4 is 34.3 Å². The van der Waals surface area contributed by atoms with Crippen molar-refractivity contribution in [1.29, 1.82) is 5.26 Å². The number of hydrogen-bond donors (Lipinski definition) is 4. The average molecular weight is 964 g/mol. The number of ether oxygens (including phenoxy) is 2. The molecule has 2 saturated carbocycles. The summed E-state index contributed by atoms with van der Waals surface area (Å²) < 4.78 is 12.9. The van der Waals surface area contributed by atoms with E-state index >= 15 is 9.59 Å². The second-order valence-electron chi connectivity index (χ2n) is 20.5. The van der Waals surface area contributed by atoms with Crippen LogP contribution >= 0.6 is 0 Å². The summed E-state index contributed by atoms with van der Waals surface area (Å²) in [5, 5.41) is 41.2. The lowest BCUT2D eigenvalue weighted by atomic mass is 9.77. The number of hydrogen-bond acceptors (Lipinski definition) is 9. The molecule has 9 rings (SSSR count). The van der Waals surface area contributed by atoms with Crippen LogP contribution in [0.5, 0.6) is 34.5 Å². The Labute approximate surface area is 425 Å². The Morgan fingerprint density at radius 2 is 1.00 bits per heavy atom. The second kappa shape index (κ2) is 23.0. The fourth-order valence-electron chi connectivity index (χ4n) is 11.4. The van der Waals surface area contributed by atoms with Crippen LogP contribution in [0, 0.1) is 23.2 Å². The maximum Gasteiger partial charge on any atom is 0.200 e. The minimum Gasteiger partial charge on any atom is -0.504 e. The fourth-order valence-corrected chi connectivity index (χ4v) is 11.4. The van der Waals surface area contributed by atoms with E-state index < -0.39 is 23.1 Å². The summed E-state index contributed by atoms with van der Waals surface area (Å²) >= 11 is 0. The van der Waals surface area contributed by atoms with Crippen molar-refractivity contribution in [2.24, 2.45) is 11.8 Å². The number of nitrogens with zero attached hydrogens (tertiary/aromatic N) is 1. The number of para-hydroxylation sites is 1. The third kappa shape index (κ3) is 11.0. The molecular weight excluding hydrogens is 895 g/mol. The number of nitriles is 1. The molecule has 6 aromatic rings. The molecule has 3 aliphatic rings. The minimum absolute atomic E-state index is 0.0221. The molecule has 372 valence electrons. The summed E-state index contributed by atoms with van der Waals surface area (Å²) in [5.74, 6) is 0.891. The molecule has 0 atom stereocenters. The Morgan fingerprint density at radius 3 is 1.46 bits per heavy atom. The van der Waals surface area contributed by atoms with Crippen LogP contribution < -0.4 is 20.1 Å². The zero-order valence-electron chi connectivity index (χ0n) is 42.2. The van der Waals surface area contributed by atoms with Crippen LogP contribution in [0.15, 0.2) is 109 Å². The molecule has 0 saturated heterocycles. The average Bonchev–Trinajstić information content (AvgIpc) is 3.41. The quantitative estimate of drug-likeness (QED) is 0.0583. The maximum atomic E-state index is 15.3. The number of aromatic hydroxyl groups is 2. The Balaban J connectivity index is 1.08. The van der Waals surface area contributed by atoms with Gasteiger partial charge in [0.15, 0.2) is 23.0 Å². The summed E-state index contributed by atoms with van der Waals surface area (Å²) in [6.45, 7) is 6.66. The van der Waals surface area contributed by atoms with Gasteiger partial charge in [0.25, 0.3) is 0 Å². The van der Waals surface area contributed by atoms with Gasteiger partial charge in [-0.2, -0.15) is 5.26 Å². The SMILES string of the molecule is CCCCc1ccc(Nc2cc(Oc3ccc(C4CCC(CCCC)CC4)cc3)c(O)c3c2C(=O)c2c(O)c(Oc4ccc(C5CCC(CCCC)CC5)cc4)cc(Nc4ccccc4C#N)c2C3=O)cc1. The first-order valence-corrected chi connectivity index (χ1v) is 26.7. The van der Waals surface area contributed by atoms with Gasteiger partial charge in [-0.05, 0) is 153 Å². The van der Waals surface area contributed by atoms with Crippen molar-refractivity contribution in [2.45, 2.75) is 142 Å². The predicted octanol–water partition coefficient (Wildman–Crippen LogP) is 17.1. The van der Waals surface area contributed by atoms with E-state index in [1.54, 1.807) is 30.3 Å². The number of phenolic OH excluding ortho intramolecular Hbond substituents is 2. The minimum atomic E-state index is -0.724. The third-order valence-corrected chi connectivity index (χ3v) is 15.6. The largest absolute Gasteiger partial charge is 0.504 e. The highest BCUT2D eigenvalue weighted by Gasteiger charge is 2.41. The number of rotatable bonds is 19. The lowest BCUT2D eigenvalue weighted by Crippen LogP contribution is -2.24. The normalized spacial score (nSPS) is 18.4. The highest BCUT2D eigenvalue weighted by molar-refractivity contribution is 6.34. The van der Waals surface area contributed by atoms with Crippen molar-refractivity contribution in [1.82, 2.24) is 0 Å². The van der Waals surface area contributed by atoms with E-state index in [1.165, 1.54) is 87.0 Å². The van der Waals surface area contributed by atoms with Gasteiger partial charge < -0.3 is 30.3 Å². The molecule has 0 aromatic heterocycles. The smallest absolute Gasteiger partial charge is 0.200 e. The number of aryl methyl sites for hydroxylation is 1. The molecule has 0 spiro atoms. The van der Waals surface area contributed by atoms with E-state index in [9.17, 15) is 15.5 Å². The topological polar surface area (TPSA) is 141 Å². The Bertz CT molecular complexity index is 2900. The van der Waals surface area contributed by atoms with Gasteiger partial charge in [-0.25, -0.2) is 0 Å². The molecular formula is C63H69N3O6. The number of anilines is 4. The lowest BCUT2D eigenvalue weighted by Gasteiger charge is -2.29. The number of ketones is 2. The van der Waals surface area contributed by atoms with Gasteiger partial charge in [0.05, 0.1) is 44.9 Å². The third-order valence-electron chi connectivity index (χ3n) is 15.6. The molecule has 0 aliphatic heterocycles. The molecule has 2 fully saturated rings. The van der Waals surface area contributed by atoms with Crippen LogP contribution in [0.4, 0.5) is 22.7 Å². The number of nitrogens with one attached hydrogen (secondary N) is 2. The summed E-state index contributed by atoms with van der Waals surface area (Å²) in [7, 11) is 0. The molecule has 9 heteroatoms. The van der Waals surface area contributed by atoms with Crippen LogP contribution in [0.25, 0.3) is 0 Å². The van der Waals surface area contributed by atoms with Gasteiger partial charge in [-0.3, -0.25) is 9.59 Å². The van der Waals surface area contributed by atoms with Crippen molar-refractivity contribution in [3.8, 4) is 40.6 Å². The van der Waals surface area contributed by atoms with E-state index in [4.69, 9.17) is 9.47 Å². The van der Waals surface area contributed by atoms with Gasteiger partial charge >= 0.3 is 0 Å². The van der Waals surface area contributed by atoms with E-state index in [-0.39, 0.29) is 45.1 Å². The number of unbranched alkanes of at least 4 members (excludes halogenated alkanes) is 3. The molecule has 0 heterocycles. The molecule has 9 nitrogen and oxygen atoms in total. The van der Waals surface area contributed by atoms with Crippen LogP contribution in [-0.4, -0.2) is 21.8 Å². The van der Waals surface area contributed by atoms with Crippen molar-refractivity contribution in [3.05, 3.63) is 154 Å². The summed E-state index contributed by atoms with van der Waals surface area (Å²) in [6, 6.07) is 35.8. The number of phenols is 2. The summed E-state index contributed by atoms with van der Waals surface area (Å²) in [4.78, 5) is 30.7. The van der Waals surface area contributed by atoms with E-state index in [0.717, 1.165) is 56.8 Å². The molecule has 0 bridgehead atoms. The standard InChI is InChI=1S/C63H69N3O6/c1-4-7-12-40-17-23-43(24-18-40)45-27-33-49(34-28-45)71-54-37-52(65-48-31-21-42(22-32-48)14-9-6-3)56-58(60(54)67)63(70)57-53(66-51-16-11-10-15-47(51)39-64)38-55(61(68)59(57)62(56)69)72-50-35-29-46(30-36-50)44-25-19-41(20-26-44)13-8-5-2/h10-11,15-16,21-22,27-38,40-41,43-44,65-68H,4-9,12-14,17-20,23-26H2,1-3H3. The molecule has 4 N–H and O–H groups in total. The van der Waals surface area contributed by atoms with Gasteiger partial charge in [-0.1, -0.05) is 114 Å². The van der Waals surface area contributed by atoms with Crippen molar-refractivity contribution in [3.63, 3.8) is 0 Å². The predicted molar refractivity (Wildman–Crippen MR) is 287 cm³/mol. The first-order chi connectivity index (χ1) is 35.2.